The third-order valence-electron chi connectivity index (χ3n) is 6.65. The number of aromatic nitrogens is 2. The molecule has 6 nitrogen and oxygen atoms in total. The maximum Gasteiger partial charge on any atom is 0.199 e. The van der Waals surface area contributed by atoms with Crippen molar-refractivity contribution in [2.24, 2.45) is 0 Å². The number of hydrogen-bond donors (Lipinski definition) is 0. The predicted octanol–water partition coefficient (Wildman–Crippen LogP) is 5.76. The second kappa shape index (κ2) is 9.91. The number of rotatable bonds is 4. The van der Waals surface area contributed by atoms with E-state index < -0.39 is 55.5 Å². The first-order chi connectivity index (χ1) is 18.4. The molecule has 0 saturated carbocycles. The largest absolute Gasteiger partial charge is 0.364 e. The number of hydrogen-bond acceptors (Lipinski definition) is 6. The molecule has 13 heteroatoms. The van der Waals surface area contributed by atoms with Crippen LogP contribution in [0.25, 0.3) is 22.0 Å². The van der Waals surface area contributed by atoms with Crippen molar-refractivity contribution in [3.05, 3.63) is 76.8 Å². The van der Waals surface area contributed by atoms with Crippen LogP contribution in [0.5, 0.6) is 0 Å². The van der Waals surface area contributed by atoms with Gasteiger partial charge in [0.25, 0.3) is 0 Å². The highest BCUT2D eigenvalue weighted by molar-refractivity contribution is 7.90. The number of piperazine rings is 1. The molecule has 0 N–H and O–H groups in total. The van der Waals surface area contributed by atoms with Gasteiger partial charge in [0.1, 0.15) is 22.9 Å². The molecule has 39 heavy (non-hydrogen) atoms. The molecule has 0 amide bonds. The first kappa shape index (κ1) is 27.1. The molecule has 5 rings (SSSR count). The minimum Gasteiger partial charge on any atom is -0.364 e. The van der Waals surface area contributed by atoms with Crippen molar-refractivity contribution < 1.29 is 30.4 Å². The SMILES string of the molecule is C[C@H]1CN(c2c(F)c(F)c(F)c(F)c2S(C)(=O)=O)CCN1c1ncnc2cc(-c3ccccc3F)c(Cl)cc12. The van der Waals surface area contributed by atoms with E-state index in [0.717, 1.165) is 0 Å². The summed E-state index contributed by atoms with van der Waals surface area (Å²) in [5, 5.41) is 0.803. The van der Waals surface area contributed by atoms with Gasteiger partial charge in [0.15, 0.2) is 33.1 Å². The van der Waals surface area contributed by atoms with Crippen LogP contribution >= 0.6 is 11.6 Å². The van der Waals surface area contributed by atoms with E-state index >= 15 is 0 Å². The van der Waals surface area contributed by atoms with Crippen LogP contribution < -0.4 is 9.80 Å². The fourth-order valence-corrected chi connectivity index (χ4v) is 6.12. The second-order valence-corrected chi connectivity index (χ2v) is 11.6. The van der Waals surface area contributed by atoms with E-state index in [4.69, 9.17) is 11.6 Å². The molecular weight excluding hydrogens is 563 g/mol. The minimum atomic E-state index is -4.46. The summed E-state index contributed by atoms with van der Waals surface area (Å²) in [6, 6.07) is 8.93. The monoisotopic (exact) mass is 582 g/mol. The standard InChI is InChI=1S/C26H20ClF5N4O2S/c1-13-11-35(24-22(31)20(29)21(30)23(32)25(24)39(2,37)38)7-8-36(13)26-16-9-17(27)15(10-19(16)33-12-34-26)14-5-3-4-6-18(14)28/h3-6,9-10,12-13H,7-8,11H2,1-2H3/t13-/m0/s1. The molecule has 2 heterocycles. The lowest BCUT2D eigenvalue weighted by Gasteiger charge is -2.42. The Balaban J connectivity index is 1.53. The highest BCUT2D eigenvalue weighted by Crippen LogP contribution is 2.39. The molecule has 0 unspecified atom stereocenters. The Hall–Kier alpha value is -3.51. The van der Waals surface area contributed by atoms with Crippen molar-refractivity contribution in [1.82, 2.24) is 9.97 Å². The van der Waals surface area contributed by atoms with Gasteiger partial charge in [0.2, 0.25) is 0 Å². The Morgan fingerprint density at radius 1 is 0.923 bits per heavy atom. The van der Waals surface area contributed by atoms with E-state index in [2.05, 4.69) is 9.97 Å². The fraction of sp³-hybridized carbons (Fsp3) is 0.231. The van der Waals surface area contributed by atoms with Gasteiger partial charge < -0.3 is 9.80 Å². The first-order valence-corrected chi connectivity index (χ1v) is 13.9. The average molecular weight is 583 g/mol. The molecule has 0 spiro atoms. The molecule has 1 aromatic heterocycles. The zero-order valence-electron chi connectivity index (χ0n) is 20.5. The summed E-state index contributed by atoms with van der Waals surface area (Å²) in [7, 11) is -4.46. The van der Waals surface area contributed by atoms with Crippen LogP contribution in [0.2, 0.25) is 5.02 Å². The van der Waals surface area contributed by atoms with Crippen molar-refractivity contribution in [2.75, 3.05) is 35.7 Å². The highest BCUT2D eigenvalue weighted by atomic mass is 35.5. The van der Waals surface area contributed by atoms with E-state index in [0.29, 0.717) is 34.1 Å². The number of sulfone groups is 1. The molecule has 1 aliphatic heterocycles. The van der Waals surface area contributed by atoms with Gasteiger partial charge in [-0.2, -0.15) is 0 Å². The summed E-state index contributed by atoms with van der Waals surface area (Å²) in [6.07, 6.45) is 1.92. The lowest BCUT2D eigenvalue weighted by Crippen LogP contribution is -2.53. The zero-order valence-corrected chi connectivity index (χ0v) is 22.1. The van der Waals surface area contributed by atoms with Crippen molar-refractivity contribution in [3.63, 3.8) is 0 Å². The lowest BCUT2D eigenvalue weighted by atomic mass is 10.0. The van der Waals surface area contributed by atoms with Gasteiger partial charge in [-0.25, -0.2) is 40.3 Å². The molecule has 0 bridgehead atoms. The molecule has 0 radical (unpaired) electrons. The van der Waals surface area contributed by atoms with E-state index in [9.17, 15) is 30.4 Å². The highest BCUT2D eigenvalue weighted by Gasteiger charge is 2.36. The second-order valence-electron chi connectivity index (χ2n) is 9.22. The van der Waals surface area contributed by atoms with Crippen LogP contribution in [0.15, 0.2) is 47.6 Å². The average Bonchev–Trinajstić information content (AvgIpc) is 2.88. The van der Waals surface area contributed by atoms with Crippen LogP contribution in [0.3, 0.4) is 0 Å². The molecular formula is C26H20ClF5N4O2S. The van der Waals surface area contributed by atoms with Crippen LogP contribution in [0.4, 0.5) is 33.5 Å². The van der Waals surface area contributed by atoms with Gasteiger partial charge in [-0.15, -0.1) is 0 Å². The van der Waals surface area contributed by atoms with Crippen molar-refractivity contribution in [3.8, 4) is 11.1 Å². The molecule has 1 saturated heterocycles. The normalized spacial score (nSPS) is 16.3. The quantitative estimate of drug-likeness (QED) is 0.132. The number of anilines is 2. The summed E-state index contributed by atoms with van der Waals surface area (Å²) < 4.78 is 96.3. The molecule has 1 aliphatic rings. The first-order valence-electron chi connectivity index (χ1n) is 11.7. The summed E-state index contributed by atoms with van der Waals surface area (Å²) in [6.45, 7) is 1.71. The molecule has 3 aromatic carbocycles. The van der Waals surface area contributed by atoms with Gasteiger partial charge in [0.05, 0.1) is 11.2 Å². The smallest absolute Gasteiger partial charge is 0.199 e. The molecule has 1 fully saturated rings. The van der Waals surface area contributed by atoms with Crippen LogP contribution in [-0.2, 0) is 9.84 Å². The van der Waals surface area contributed by atoms with E-state index in [1.165, 1.54) is 17.3 Å². The Kier molecular flexibility index (Phi) is 6.88. The van der Waals surface area contributed by atoms with E-state index in [-0.39, 0.29) is 24.7 Å². The number of nitrogens with zero attached hydrogens (tertiary/aromatic N) is 4. The number of halogens is 6. The van der Waals surface area contributed by atoms with Crippen molar-refractivity contribution >= 4 is 43.8 Å². The van der Waals surface area contributed by atoms with Crippen LogP contribution in [0, 0.1) is 29.1 Å². The predicted molar refractivity (Wildman–Crippen MR) is 138 cm³/mol. The van der Waals surface area contributed by atoms with Gasteiger partial charge in [-0.1, -0.05) is 29.8 Å². The number of benzene rings is 3. The fourth-order valence-electron chi connectivity index (χ4n) is 4.87. The maximum atomic E-state index is 14.9. The van der Waals surface area contributed by atoms with E-state index in [1.807, 2.05) is 4.90 Å². The minimum absolute atomic E-state index is 0.0686. The Morgan fingerprint density at radius 3 is 2.28 bits per heavy atom. The summed E-state index contributed by atoms with van der Waals surface area (Å²) in [5.74, 6) is -8.03. The van der Waals surface area contributed by atoms with Gasteiger partial charge >= 0.3 is 0 Å². The zero-order chi connectivity index (χ0) is 28.2. The Bertz CT molecular complexity index is 1740. The molecule has 1 atom stereocenters. The lowest BCUT2D eigenvalue weighted by molar-refractivity contribution is 0.393. The molecule has 204 valence electrons. The van der Waals surface area contributed by atoms with Gasteiger partial charge in [0, 0.05) is 53.5 Å². The number of fused-ring (bicyclic) bond motifs is 1. The third kappa shape index (κ3) is 4.65. The van der Waals surface area contributed by atoms with Gasteiger partial charge in [-0.3, -0.25) is 0 Å². The molecule has 4 aromatic rings. The van der Waals surface area contributed by atoms with Crippen LogP contribution in [0.1, 0.15) is 6.92 Å². The topological polar surface area (TPSA) is 66.4 Å². The van der Waals surface area contributed by atoms with Gasteiger partial charge in [-0.05, 0) is 25.1 Å². The van der Waals surface area contributed by atoms with E-state index in [1.54, 1.807) is 37.3 Å². The Labute approximate surface area is 225 Å². The van der Waals surface area contributed by atoms with Crippen molar-refractivity contribution in [2.45, 2.75) is 17.9 Å². The third-order valence-corrected chi connectivity index (χ3v) is 8.08. The van der Waals surface area contributed by atoms with Crippen molar-refractivity contribution in [1.29, 1.82) is 0 Å². The maximum absolute atomic E-state index is 14.9. The Morgan fingerprint density at radius 2 is 1.62 bits per heavy atom. The van der Waals surface area contributed by atoms with Crippen LogP contribution in [-0.4, -0.2) is 50.3 Å². The summed E-state index contributed by atoms with van der Waals surface area (Å²) >= 11 is 6.53. The molecule has 0 aliphatic carbocycles. The summed E-state index contributed by atoms with van der Waals surface area (Å²) in [5.41, 5.74) is 0.360. The summed E-state index contributed by atoms with van der Waals surface area (Å²) in [4.78, 5) is 10.4.